The summed E-state index contributed by atoms with van der Waals surface area (Å²) in [5.74, 6) is -0.768. The monoisotopic (exact) mass is 318 g/mol. The molecule has 0 aliphatic carbocycles. The summed E-state index contributed by atoms with van der Waals surface area (Å²) in [6, 6.07) is 1.10. The molecule has 1 aliphatic rings. The molecule has 0 amide bonds. The molecule has 124 valence electrons. The van der Waals surface area contributed by atoms with Gasteiger partial charge in [-0.15, -0.1) is 0 Å². The summed E-state index contributed by atoms with van der Waals surface area (Å²) in [5.41, 5.74) is -0.654. The summed E-state index contributed by atoms with van der Waals surface area (Å²) in [4.78, 5) is 11.2. The van der Waals surface area contributed by atoms with Crippen molar-refractivity contribution in [1.29, 1.82) is 0 Å². The maximum absolute atomic E-state index is 11.2. The van der Waals surface area contributed by atoms with Gasteiger partial charge in [-0.25, -0.2) is 0 Å². The molecule has 0 unspecified atom stereocenters. The molecule has 0 radical (unpaired) electrons. The number of rotatable bonds is 8. The molecule has 0 spiro atoms. The first-order valence-corrected chi connectivity index (χ1v) is 11.2. The molecule has 0 bridgehead atoms. The van der Waals surface area contributed by atoms with Crippen LogP contribution in [-0.2, 0) is 23.7 Å². The van der Waals surface area contributed by atoms with E-state index >= 15 is 0 Å². The van der Waals surface area contributed by atoms with E-state index in [9.17, 15) is 4.79 Å². The summed E-state index contributed by atoms with van der Waals surface area (Å²) >= 11 is 0. The van der Waals surface area contributed by atoms with Crippen LogP contribution >= 0.6 is 0 Å². The molecular formula is C15H30O5Si. The predicted molar refractivity (Wildman–Crippen MR) is 84.0 cm³/mol. The van der Waals surface area contributed by atoms with Gasteiger partial charge in [-0.1, -0.05) is 19.6 Å². The Morgan fingerprint density at radius 2 is 1.86 bits per heavy atom. The van der Waals surface area contributed by atoms with Crippen LogP contribution in [0, 0.1) is 0 Å². The van der Waals surface area contributed by atoms with Gasteiger partial charge in [0.15, 0.2) is 12.1 Å². The predicted octanol–water partition coefficient (Wildman–Crippen LogP) is 2.81. The van der Waals surface area contributed by atoms with Crippen LogP contribution in [0.3, 0.4) is 0 Å². The van der Waals surface area contributed by atoms with Gasteiger partial charge in [-0.3, -0.25) is 0 Å². The Morgan fingerprint density at radius 3 is 2.38 bits per heavy atom. The molecule has 0 aromatic carbocycles. The summed E-state index contributed by atoms with van der Waals surface area (Å²) in [5, 5.41) is 0. The molecule has 0 N–H and O–H groups in total. The zero-order valence-electron chi connectivity index (χ0n) is 14.4. The number of aldehydes is 1. The number of ether oxygens (including phenoxy) is 4. The Balaban J connectivity index is 2.44. The van der Waals surface area contributed by atoms with Gasteiger partial charge >= 0.3 is 0 Å². The first-order chi connectivity index (χ1) is 9.47. The highest BCUT2D eigenvalue weighted by Gasteiger charge is 2.49. The Bertz CT molecular complexity index is 348. The van der Waals surface area contributed by atoms with E-state index in [1.807, 2.05) is 13.8 Å². The van der Waals surface area contributed by atoms with Crippen LogP contribution in [0.25, 0.3) is 0 Å². The Hall–Kier alpha value is -0.273. The van der Waals surface area contributed by atoms with Gasteiger partial charge < -0.3 is 23.7 Å². The van der Waals surface area contributed by atoms with Crippen LogP contribution in [0.15, 0.2) is 0 Å². The molecule has 21 heavy (non-hydrogen) atoms. The van der Waals surface area contributed by atoms with Crippen molar-refractivity contribution in [3.05, 3.63) is 0 Å². The van der Waals surface area contributed by atoms with Crippen molar-refractivity contribution in [3.63, 3.8) is 0 Å². The van der Waals surface area contributed by atoms with E-state index in [0.717, 1.165) is 12.3 Å². The van der Waals surface area contributed by atoms with Crippen molar-refractivity contribution in [2.45, 2.75) is 77.0 Å². The van der Waals surface area contributed by atoms with E-state index in [1.165, 1.54) is 0 Å². The van der Waals surface area contributed by atoms with Gasteiger partial charge in [0.05, 0.1) is 5.60 Å². The Labute approximate surface area is 129 Å². The van der Waals surface area contributed by atoms with Gasteiger partial charge in [0.2, 0.25) is 0 Å². The lowest BCUT2D eigenvalue weighted by Gasteiger charge is -2.32. The number of hydrogen-bond acceptors (Lipinski definition) is 5. The molecule has 5 nitrogen and oxygen atoms in total. The number of carbonyl (C=O) groups is 1. The van der Waals surface area contributed by atoms with Gasteiger partial charge in [0, 0.05) is 14.7 Å². The van der Waals surface area contributed by atoms with Crippen molar-refractivity contribution in [3.8, 4) is 0 Å². The van der Waals surface area contributed by atoms with Crippen molar-refractivity contribution in [2.24, 2.45) is 0 Å². The smallest absolute Gasteiger partial charge is 0.164 e. The second-order valence-electron chi connectivity index (χ2n) is 7.74. The minimum atomic E-state index is -1.09. The summed E-state index contributed by atoms with van der Waals surface area (Å²) < 4.78 is 22.7. The summed E-state index contributed by atoms with van der Waals surface area (Å²) in [6.07, 6.45) is -0.279. The van der Waals surface area contributed by atoms with Crippen molar-refractivity contribution >= 4 is 14.4 Å². The van der Waals surface area contributed by atoms with Crippen LogP contribution in [0.4, 0.5) is 0 Å². The highest BCUT2D eigenvalue weighted by molar-refractivity contribution is 6.76. The maximum Gasteiger partial charge on any atom is 0.164 e. The average molecular weight is 318 g/mol. The van der Waals surface area contributed by atoms with Crippen molar-refractivity contribution < 1.29 is 23.7 Å². The van der Waals surface area contributed by atoms with E-state index < -0.39 is 31.7 Å². The highest BCUT2D eigenvalue weighted by atomic mass is 28.3. The molecule has 2 atom stereocenters. The van der Waals surface area contributed by atoms with E-state index in [4.69, 9.17) is 18.9 Å². The second kappa shape index (κ2) is 6.87. The minimum absolute atomic E-state index is 0.198. The molecule has 0 aromatic heterocycles. The van der Waals surface area contributed by atoms with Crippen LogP contribution in [0.5, 0.6) is 0 Å². The number of carbonyl (C=O) groups excluding carboxylic acids is 1. The van der Waals surface area contributed by atoms with Crippen molar-refractivity contribution in [2.75, 3.05) is 13.4 Å². The first-order valence-electron chi connectivity index (χ1n) is 7.49. The Morgan fingerprint density at radius 1 is 1.24 bits per heavy atom. The lowest BCUT2D eigenvalue weighted by Crippen LogP contribution is -2.46. The maximum atomic E-state index is 11.2. The van der Waals surface area contributed by atoms with Crippen molar-refractivity contribution in [1.82, 2.24) is 0 Å². The average Bonchev–Trinajstić information content (AvgIpc) is 2.63. The fourth-order valence-electron chi connectivity index (χ4n) is 2.14. The second-order valence-corrected chi connectivity index (χ2v) is 13.4. The SMILES string of the molecule is CC1(C)O[C@@H](C(C)(C)OCOCC[Si](C)(C)C)[C@@H](C=O)O1. The zero-order chi connectivity index (χ0) is 16.3. The first kappa shape index (κ1) is 18.8. The zero-order valence-corrected chi connectivity index (χ0v) is 15.4. The van der Waals surface area contributed by atoms with Gasteiger partial charge in [-0.05, 0) is 33.7 Å². The molecule has 1 fully saturated rings. The third kappa shape index (κ3) is 6.16. The fraction of sp³-hybridized carbons (Fsp3) is 0.933. The molecule has 0 aromatic rings. The van der Waals surface area contributed by atoms with Crippen LogP contribution in [0.1, 0.15) is 27.7 Å². The molecule has 1 rings (SSSR count). The van der Waals surface area contributed by atoms with Gasteiger partial charge in [-0.2, -0.15) is 0 Å². The van der Waals surface area contributed by atoms with Crippen LogP contribution < -0.4 is 0 Å². The summed E-state index contributed by atoms with van der Waals surface area (Å²) in [6.45, 7) is 15.2. The lowest BCUT2D eigenvalue weighted by molar-refractivity contribution is -0.198. The third-order valence-corrected chi connectivity index (χ3v) is 5.16. The lowest BCUT2D eigenvalue weighted by atomic mass is 9.97. The minimum Gasteiger partial charge on any atom is -0.356 e. The Kier molecular flexibility index (Phi) is 6.14. The highest BCUT2D eigenvalue weighted by Crippen LogP contribution is 2.34. The molecule has 1 aliphatic heterocycles. The van der Waals surface area contributed by atoms with E-state index in [1.54, 1.807) is 13.8 Å². The molecule has 0 saturated carbocycles. The van der Waals surface area contributed by atoms with Gasteiger partial charge in [0.1, 0.15) is 19.0 Å². The molecule has 1 heterocycles. The quantitative estimate of drug-likeness (QED) is 0.298. The van der Waals surface area contributed by atoms with Crippen LogP contribution in [0.2, 0.25) is 25.7 Å². The standard InChI is InChI=1S/C15H30O5Si/c1-14(2,18-11-17-8-9-21(5,6)7)13-12(10-16)19-15(3,4)20-13/h10,12-13H,8-9,11H2,1-7H3/t12-,13-/m1/s1. The molecular weight excluding hydrogens is 288 g/mol. The normalized spacial score (nSPS) is 26.0. The summed E-state index contributed by atoms with van der Waals surface area (Å²) in [7, 11) is -1.09. The largest absolute Gasteiger partial charge is 0.356 e. The number of hydrogen-bond donors (Lipinski definition) is 0. The topological polar surface area (TPSA) is 54.0 Å². The van der Waals surface area contributed by atoms with Gasteiger partial charge in [0.25, 0.3) is 0 Å². The van der Waals surface area contributed by atoms with E-state index in [0.29, 0.717) is 6.61 Å². The van der Waals surface area contributed by atoms with Crippen LogP contribution in [-0.4, -0.2) is 51.4 Å². The van der Waals surface area contributed by atoms with E-state index in [-0.39, 0.29) is 6.79 Å². The third-order valence-electron chi connectivity index (χ3n) is 3.46. The molecule has 1 saturated heterocycles. The van der Waals surface area contributed by atoms with E-state index in [2.05, 4.69) is 19.6 Å². The fourth-order valence-corrected chi connectivity index (χ4v) is 2.90. The molecule has 6 heteroatoms.